The van der Waals surface area contributed by atoms with Gasteiger partial charge in [0.15, 0.2) is 5.65 Å². The Bertz CT molecular complexity index is 542. The van der Waals surface area contributed by atoms with E-state index < -0.39 is 0 Å². The number of aromatic nitrogens is 3. The van der Waals surface area contributed by atoms with Crippen molar-refractivity contribution in [2.75, 3.05) is 18.5 Å². The van der Waals surface area contributed by atoms with Crippen LogP contribution < -0.4 is 5.32 Å². The standard InChI is InChI=1S/C14H20N4O/c1-14(2,6-3-9-19)10-17-12-5-4-11-13(18-12)16-8-7-15-11/h4-5,7-8,19H,3,6,9-10H2,1-2H3,(H,16,17,18). The lowest BCUT2D eigenvalue weighted by Crippen LogP contribution is -2.23. The van der Waals surface area contributed by atoms with Gasteiger partial charge in [-0.25, -0.2) is 9.97 Å². The summed E-state index contributed by atoms with van der Waals surface area (Å²) < 4.78 is 0. The maximum atomic E-state index is 8.89. The summed E-state index contributed by atoms with van der Waals surface area (Å²) in [4.78, 5) is 12.8. The highest BCUT2D eigenvalue weighted by Gasteiger charge is 2.17. The Kier molecular flexibility index (Phi) is 4.27. The van der Waals surface area contributed by atoms with Crippen LogP contribution in [0.2, 0.25) is 0 Å². The molecule has 0 radical (unpaired) electrons. The second-order valence-corrected chi connectivity index (χ2v) is 5.44. The van der Waals surface area contributed by atoms with Gasteiger partial charge in [0.05, 0.1) is 0 Å². The smallest absolute Gasteiger partial charge is 0.180 e. The summed E-state index contributed by atoms with van der Waals surface area (Å²) >= 11 is 0. The number of aliphatic hydroxyl groups excluding tert-OH is 1. The first kappa shape index (κ1) is 13.7. The van der Waals surface area contributed by atoms with Crippen LogP contribution in [0, 0.1) is 5.41 Å². The van der Waals surface area contributed by atoms with Crippen LogP contribution in [-0.2, 0) is 0 Å². The predicted molar refractivity (Wildman–Crippen MR) is 75.9 cm³/mol. The van der Waals surface area contributed by atoms with Gasteiger partial charge in [0.1, 0.15) is 11.3 Å². The average Bonchev–Trinajstić information content (AvgIpc) is 2.43. The van der Waals surface area contributed by atoms with Gasteiger partial charge in [-0.05, 0) is 30.4 Å². The second kappa shape index (κ2) is 5.93. The third-order valence-corrected chi connectivity index (χ3v) is 3.09. The largest absolute Gasteiger partial charge is 0.396 e. The molecule has 2 heterocycles. The summed E-state index contributed by atoms with van der Waals surface area (Å²) in [6, 6.07) is 3.83. The van der Waals surface area contributed by atoms with Crippen LogP contribution in [0.15, 0.2) is 24.5 Å². The van der Waals surface area contributed by atoms with E-state index in [2.05, 4.69) is 34.1 Å². The van der Waals surface area contributed by atoms with Crippen molar-refractivity contribution in [1.82, 2.24) is 15.0 Å². The number of pyridine rings is 1. The van der Waals surface area contributed by atoms with Crippen molar-refractivity contribution in [3.05, 3.63) is 24.5 Å². The fourth-order valence-electron chi connectivity index (χ4n) is 1.93. The summed E-state index contributed by atoms with van der Waals surface area (Å²) in [5.41, 5.74) is 1.58. The number of anilines is 1. The molecule has 0 saturated heterocycles. The normalized spacial score (nSPS) is 11.7. The van der Waals surface area contributed by atoms with Gasteiger partial charge in [-0.2, -0.15) is 0 Å². The second-order valence-electron chi connectivity index (χ2n) is 5.44. The molecule has 0 aromatic carbocycles. The van der Waals surface area contributed by atoms with E-state index in [1.807, 2.05) is 12.1 Å². The number of nitrogens with one attached hydrogen (secondary N) is 1. The van der Waals surface area contributed by atoms with Crippen molar-refractivity contribution >= 4 is 17.0 Å². The van der Waals surface area contributed by atoms with Crippen molar-refractivity contribution in [3.63, 3.8) is 0 Å². The number of aliphatic hydroxyl groups is 1. The molecule has 2 N–H and O–H groups in total. The molecular weight excluding hydrogens is 240 g/mol. The Morgan fingerprint density at radius 2 is 2.00 bits per heavy atom. The zero-order chi connectivity index (χ0) is 13.7. The average molecular weight is 260 g/mol. The quantitative estimate of drug-likeness (QED) is 0.833. The van der Waals surface area contributed by atoms with Gasteiger partial charge in [-0.15, -0.1) is 0 Å². The molecule has 0 aliphatic rings. The van der Waals surface area contributed by atoms with E-state index in [9.17, 15) is 0 Å². The highest BCUT2D eigenvalue weighted by Crippen LogP contribution is 2.22. The molecule has 0 aliphatic heterocycles. The lowest BCUT2D eigenvalue weighted by molar-refractivity contribution is 0.248. The summed E-state index contributed by atoms with van der Waals surface area (Å²) in [7, 11) is 0. The third kappa shape index (κ3) is 3.86. The van der Waals surface area contributed by atoms with Gasteiger partial charge in [0.25, 0.3) is 0 Å². The molecule has 2 aromatic rings. The molecule has 0 aliphatic carbocycles. The minimum atomic E-state index is 0.127. The van der Waals surface area contributed by atoms with Gasteiger partial charge < -0.3 is 10.4 Å². The molecule has 0 atom stereocenters. The Balaban J connectivity index is 2.01. The van der Waals surface area contributed by atoms with E-state index in [0.717, 1.165) is 30.7 Å². The Hall–Kier alpha value is -1.75. The van der Waals surface area contributed by atoms with Gasteiger partial charge in [-0.1, -0.05) is 13.8 Å². The summed E-state index contributed by atoms with van der Waals surface area (Å²) in [6.07, 6.45) is 5.11. The molecular formula is C14H20N4O. The highest BCUT2D eigenvalue weighted by molar-refractivity contribution is 5.71. The van der Waals surface area contributed by atoms with Gasteiger partial charge in [0.2, 0.25) is 0 Å². The first-order valence-electron chi connectivity index (χ1n) is 6.53. The van der Waals surface area contributed by atoms with E-state index >= 15 is 0 Å². The predicted octanol–water partition coefficient (Wildman–Crippen LogP) is 2.24. The van der Waals surface area contributed by atoms with Crippen LogP contribution in [-0.4, -0.2) is 33.2 Å². The SMILES string of the molecule is CC(C)(CCCO)CNc1ccc2nccnc2n1. The van der Waals surface area contributed by atoms with Crippen LogP contribution in [0.3, 0.4) is 0 Å². The molecule has 2 rings (SSSR count). The van der Waals surface area contributed by atoms with Crippen molar-refractivity contribution in [2.24, 2.45) is 5.41 Å². The fraction of sp³-hybridized carbons (Fsp3) is 0.500. The molecule has 0 bridgehead atoms. The lowest BCUT2D eigenvalue weighted by atomic mass is 9.88. The molecule has 19 heavy (non-hydrogen) atoms. The lowest BCUT2D eigenvalue weighted by Gasteiger charge is -2.24. The molecule has 5 heteroatoms. The number of fused-ring (bicyclic) bond motifs is 1. The zero-order valence-electron chi connectivity index (χ0n) is 11.4. The number of hydrogen-bond donors (Lipinski definition) is 2. The zero-order valence-corrected chi connectivity index (χ0v) is 11.4. The summed E-state index contributed by atoms with van der Waals surface area (Å²) in [6.45, 7) is 5.41. The van der Waals surface area contributed by atoms with Crippen LogP contribution in [0.4, 0.5) is 5.82 Å². The molecule has 0 fully saturated rings. The Labute approximate surface area is 113 Å². The summed E-state index contributed by atoms with van der Waals surface area (Å²) in [5, 5.41) is 12.2. The van der Waals surface area contributed by atoms with Crippen molar-refractivity contribution in [3.8, 4) is 0 Å². The topological polar surface area (TPSA) is 70.9 Å². The van der Waals surface area contributed by atoms with E-state index in [4.69, 9.17) is 5.11 Å². The highest BCUT2D eigenvalue weighted by atomic mass is 16.2. The molecule has 5 nitrogen and oxygen atoms in total. The minimum Gasteiger partial charge on any atom is -0.396 e. The van der Waals surface area contributed by atoms with E-state index in [1.165, 1.54) is 0 Å². The Morgan fingerprint density at radius 1 is 1.21 bits per heavy atom. The van der Waals surface area contributed by atoms with E-state index in [0.29, 0.717) is 5.65 Å². The monoisotopic (exact) mass is 260 g/mol. The maximum Gasteiger partial charge on any atom is 0.180 e. The third-order valence-electron chi connectivity index (χ3n) is 3.09. The van der Waals surface area contributed by atoms with Crippen LogP contribution in [0.1, 0.15) is 26.7 Å². The molecule has 0 unspecified atom stereocenters. The number of rotatable bonds is 6. The molecule has 0 saturated carbocycles. The molecule has 0 amide bonds. The number of hydrogen-bond acceptors (Lipinski definition) is 5. The van der Waals surface area contributed by atoms with Crippen molar-refractivity contribution in [2.45, 2.75) is 26.7 Å². The summed E-state index contributed by atoms with van der Waals surface area (Å²) in [5.74, 6) is 0.810. The maximum absolute atomic E-state index is 8.89. The van der Waals surface area contributed by atoms with Gasteiger partial charge in [0, 0.05) is 25.5 Å². The first-order valence-corrected chi connectivity index (χ1v) is 6.53. The first-order chi connectivity index (χ1) is 9.11. The van der Waals surface area contributed by atoms with Crippen molar-refractivity contribution < 1.29 is 5.11 Å². The van der Waals surface area contributed by atoms with Crippen LogP contribution >= 0.6 is 0 Å². The van der Waals surface area contributed by atoms with Crippen molar-refractivity contribution in [1.29, 1.82) is 0 Å². The molecule has 0 spiro atoms. The fourth-order valence-corrected chi connectivity index (χ4v) is 1.93. The van der Waals surface area contributed by atoms with E-state index in [1.54, 1.807) is 12.4 Å². The van der Waals surface area contributed by atoms with Gasteiger partial charge >= 0.3 is 0 Å². The molecule has 2 aromatic heterocycles. The Morgan fingerprint density at radius 3 is 2.79 bits per heavy atom. The van der Waals surface area contributed by atoms with E-state index in [-0.39, 0.29) is 12.0 Å². The van der Waals surface area contributed by atoms with Crippen LogP contribution in [0.25, 0.3) is 11.2 Å². The van der Waals surface area contributed by atoms with Gasteiger partial charge in [-0.3, -0.25) is 4.98 Å². The number of nitrogens with zero attached hydrogens (tertiary/aromatic N) is 3. The minimum absolute atomic E-state index is 0.127. The molecule has 102 valence electrons. The van der Waals surface area contributed by atoms with Crippen LogP contribution in [0.5, 0.6) is 0 Å².